The summed E-state index contributed by atoms with van der Waals surface area (Å²) in [4.78, 5) is 0. The van der Waals surface area contributed by atoms with Crippen molar-refractivity contribution in [2.45, 2.75) is 0 Å². The van der Waals surface area contributed by atoms with Crippen LogP contribution in [0.25, 0.3) is 60.9 Å². The maximum absolute atomic E-state index is 17.1. The van der Waals surface area contributed by atoms with Gasteiger partial charge in [0.25, 0.3) is 0 Å². The number of benzene rings is 5. The largest absolute Gasteiger partial charge is 0.304 e. The molecule has 0 aliphatic rings. The zero-order valence-electron chi connectivity index (χ0n) is 22.5. The Hall–Kier alpha value is -5.30. The molecule has 0 amide bonds. The minimum absolute atomic E-state index is 0.115. The van der Waals surface area contributed by atoms with E-state index in [0.29, 0.717) is 0 Å². The predicted molar refractivity (Wildman–Crippen MR) is 157 cm³/mol. The molecule has 41 heavy (non-hydrogen) atoms. The van der Waals surface area contributed by atoms with Gasteiger partial charge in [0.1, 0.15) is 5.69 Å². The van der Waals surface area contributed by atoms with Gasteiger partial charge in [-0.25, -0.2) is 9.13 Å². The number of aryl methyl sites for hydroxylation is 2. The number of fused-ring (bicyclic) bond motifs is 5. The first-order chi connectivity index (χ1) is 20.0. The predicted octanol–water partition coefficient (Wildman–Crippen LogP) is 6.60. The molecule has 0 unspecified atom stereocenters. The molecule has 0 aliphatic heterocycles. The van der Waals surface area contributed by atoms with Gasteiger partial charge in [0, 0.05) is 16.8 Å². The Morgan fingerprint density at radius 1 is 0.512 bits per heavy atom. The lowest BCUT2D eigenvalue weighted by Gasteiger charge is -2.14. The van der Waals surface area contributed by atoms with Crippen molar-refractivity contribution in [3.8, 4) is 17.1 Å². The molecular formula is C34H25F2N5+2. The number of rotatable bonds is 3. The Kier molecular flexibility index (Phi) is 4.94. The second kappa shape index (κ2) is 8.60. The lowest BCUT2D eigenvalue weighted by Crippen LogP contribution is -2.25. The van der Waals surface area contributed by atoms with Crippen LogP contribution in [-0.4, -0.2) is 13.7 Å². The maximum Gasteiger partial charge on any atom is 0.249 e. The van der Waals surface area contributed by atoms with Crippen molar-refractivity contribution in [2.75, 3.05) is 0 Å². The summed E-state index contributed by atoms with van der Waals surface area (Å²) in [6.07, 6.45) is 3.68. The summed E-state index contributed by atoms with van der Waals surface area (Å²) in [5, 5.41) is 1.87. The van der Waals surface area contributed by atoms with Gasteiger partial charge >= 0.3 is 0 Å². The molecule has 5 nitrogen and oxygen atoms in total. The number of hydrogen-bond donors (Lipinski definition) is 0. The molecule has 5 aromatic carbocycles. The average molecular weight is 542 g/mol. The molecule has 0 aliphatic carbocycles. The van der Waals surface area contributed by atoms with Gasteiger partial charge in [-0.05, 0) is 36.4 Å². The van der Waals surface area contributed by atoms with Gasteiger partial charge in [0.15, 0.2) is 45.1 Å². The molecular weight excluding hydrogens is 516 g/mol. The summed E-state index contributed by atoms with van der Waals surface area (Å²) in [5.74, 6) is -1.28. The van der Waals surface area contributed by atoms with E-state index in [2.05, 4.69) is 0 Å². The summed E-state index contributed by atoms with van der Waals surface area (Å²) in [5.41, 5.74) is 5.40. The van der Waals surface area contributed by atoms with Crippen LogP contribution >= 0.6 is 0 Å². The van der Waals surface area contributed by atoms with Crippen molar-refractivity contribution in [1.82, 2.24) is 13.7 Å². The normalized spacial score (nSPS) is 11.9. The molecule has 0 saturated carbocycles. The van der Waals surface area contributed by atoms with Crippen molar-refractivity contribution in [3.05, 3.63) is 127 Å². The highest BCUT2D eigenvalue weighted by molar-refractivity contribution is 6.09. The topological polar surface area (TPSA) is 22.5 Å². The van der Waals surface area contributed by atoms with E-state index in [1.165, 1.54) is 0 Å². The smallest absolute Gasteiger partial charge is 0.249 e. The highest BCUT2D eigenvalue weighted by Gasteiger charge is 2.31. The lowest BCUT2D eigenvalue weighted by atomic mass is 10.1. The van der Waals surface area contributed by atoms with E-state index >= 15 is 8.78 Å². The van der Waals surface area contributed by atoms with Crippen LogP contribution in [0.3, 0.4) is 0 Å². The summed E-state index contributed by atoms with van der Waals surface area (Å²) < 4.78 is 43.4. The molecule has 8 rings (SSSR count). The summed E-state index contributed by atoms with van der Waals surface area (Å²) in [6, 6.07) is 32.8. The molecule has 0 fully saturated rings. The molecule has 3 aromatic heterocycles. The van der Waals surface area contributed by atoms with Gasteiger partial charge in [0.2, 0.25) is 12.7 Å². The van der Waals surface area contributed by atoms with Gasteiger partial charge in [0.05, 0.1) is 25.1 Å². The maximum atomic E-state index is 17.1. The van der Waals surface area contributed by atoms with Crippen LogP contribution in [0, 0.1) is 11.6 Å². The number of hydrogen-bond acceptors (Lipinski definition) is 0. The lowest BCUT2D eigenvalue weighted by molar-refractivity contribution is -0.645. The molecule has 7 heteroatoms. The molecule has 3 heterocycles. The monoisotopic (exact) mass is 541 g/mol. The van der Waals surface area contributed by atoms with Gasteiger partial charge in [-0.3, -0.25) is 0 Å². The summed E-state index contributed by atoms with van der Waals surface area (Å²) >= 11 is 0. The molecule has 0 saturated heterocycles. The molecule has 0 N–H and O–H groups in total. The quantitative estimate of drug-likeness (QED) is 0.225. The zero-order valence-corrected chi connectivity index (χ0v) is 22.5. The van der Waals surface area contributed by atoms with Crippen LogP contribution in [0.1, 0.15) is 0 Å². The number of para-hydroxylation sites is 6. The summed E-state index contributed by atoms with van der Waals surface area (Å²) in [6.45, 7) is 0. The van der Waals surface area contributed by atoms with E-state index in [-0.39, 0.29) is 17.1 Å². The molecule has 0 radical (unpaired) electrons. The zero-order chi connectivity index (χ0) is 27.8. The van der Waals surface area contributed by atoms with Crippen molar-refractivity contribution in [3.63, 3.8) is 0 Å². The standard InChI is InChI=1S/C34H25F2N5/c1-37-20-39(28-17-9-7-15-26(28)37)30-19-31(40-21-38(2)27-16-8-10-18-29(27)40)33(36)34(32(30)35)41-24-13-5-3-11-22(24)23-12-4-6-14-25(23)41/h3-21H,1-2H3/q+2. The second-order valence-corrected chi connectivity index (χ2v) is 10.4. The number of halogens is 2. The van der Waals surface area contributed by atoms with Crippen LogP contribution in [0.15, 0.2) is 116 Å². The Morgan fingerprint density at radius 2 is 0.902 bits per heavy atom. The SMILES string of the molecule is C[n+]1cn(-c2cc(-n3c[n+](C)c4ccccc43)c(F)c(-n3c4ccccc4c4ccccc43)c2F)c2ccccc21. The first-order valence-electron chi connectivity index (χ1n) is 13.5. The van der Waals surface area contributed by atoms with Crippen molar-refractivity contribution in [2.24, 2.45) is 14.1 Å². The van der Waals surface area contributed by atoms with E-state index in [9.17, 15) is 0 Å². The van der Waals surface area contributed by atoms with E-state index in [1.807, 2.05) is 133 Å². The first-order valence-corrected chi connectivity index (χ1v) is 13.5. The highest BCUT2D eigenvalue weighted by atomic mass is 19.1. The van der Waals surface area contributed by atoms with Gasteiger partial charge < -0.3 is 4.57 Å². The fourth-order valence-corrected chi connectivity index (χ4v) is 6.22. The van der Waals surface area contributed by atoms with Crippen molar-refractivity contribution in [1.29, 1.82) is 0 Å². The third kappa shape index (κ3) is 3.26. The van der Waals surface area contributed by atoms with Crippen LogP contribution in [-0.2, 0) is 14.1 Å². The van der Waals surface area contributed by atoms with Crippen molar-refractivity contribution >= 4 is 43.9 Å². The Balaban J connectivity index is 1.56. The fraction of sp³-hybridized carbons (Fsp3) is 0.0588. The summed E-state index contributed by atoms with van der Waals surface area (Å²) in [7, 11) is 3.85. The molecule has 0 bridgehead atoms. The van der Waals surface area contributed by atoms with Crippen LogP contribution in [0.5, 0.6) is 0 Å². The Labute approximate surface area is 234 Å². The number of nitrogens with zero attached hydrogens (tertiary/aromatic N) is 5. The van der Waals surface area contributed by atoms with Gasteiger partial charge in [-0.15, -0.1) is 0 Å². The Morgan fingerprint density at radius 3 is 1.37 bits per heavy atom. The van der Waals surface area contributed by atoms with Crippen LogP contribution < -0.4 is 9.13 Å². The fourth-order valence-electron chi connectivity index (χ4n) is 6.22. The third-order valence-electron chi connectivity index (χ3n) is 8.08. The minimum atomic E-state index is -0.639. The first kappa shape index (κ1) is 23.6. The molecule has 0 spiro atoms. The van der Waals surface area contributed by atoms with Crippen LogP contribution in [0.2, 0.25) is 0 Å². The number of imidazole rings is 2. The van der Waals surface area contributed by atoms with Gasteiger partial charge in [-0.2, -0.15) is 17.9 Å². The molecule has 0 atom stereocenters. The van der Waals surface area contributed by atoms with Gasteiger partial charge in [-0.1, -0.05) is 60.7 Å². The van der Waals surface area contributed by atoms with E-state index in [1.54, 1.807) is 19.8 Å². The van der Waals surface area contributed by atoms with Crippen molar-refractivity contribution < 1.29 is 17.9 Å². The minimum Gasteiger partial charge on any atom is -0.304 e. The average Bonchev–Trinajstić information content (AvgIpc) is 3.64. The van der Waals surface area contributed by atoms with E-state index < -0.39 is 11.6 Å². The number of aromatic nitrogens is 5. The van der Waals surface area contributed by atoms with E-state index in [4.69, 9.17) is 0 Å². The van der Waals surface area contributed by atoms with Crippen LogP contribution in [0.4, 0.5) is 8.78 Å². The second-order valence-electron chi connectivity index (χ2n) is 10.4. The molecule has 8 aromatic rings. The Bertz CT molecular complexity index is 2160. The highest BCUT2D eigenvalue weighted by Crippen LogP contribution is 2.38. The molecule has 198 valence electrons. The third-order valence-corrected chi connectivity index (χ3v) is 8.08. The van der Waals surface area contributed by atoms with E-state index in [0.717, 1.165) is 43.9 Å².